The van der Waals surface area contributed by atoms with E-state index in [9.17, 15) is 25.2 Å². The molecule has 0 unspecified atom stereocenters. The van der Waals surface area contributed by atoms with E-state index in [2.05, 4.69) is 22.1 Å². The Bertz CT molecular complexity index is 1980. The predicted octanol–water partition coefficient (Wildman–Crippen LogP) is 5.05. The van der Waals surface area contributed by atoms with Crippen molar-refractivity contribution in [2.24, 2.45) is 22.2 Å². The molecule has 4 aromatic rings. The number of rotatable bonds is 16. The summed E-state index contributed by atoms with van der Waals surface area (Å²) in [6, 6.07) is 16.2. The maximum Gasteiger partial charge on any atom is 0.326 e. The molecule has 9 N–H and O–H groups in total. The first kappa shape index (κ1) is 44.4. The maximum atomic E-state index is 13.1. The standard InChI is InChI=1S/C34H35ClN10O4S2.2ClH/c1-19(33(47)48)45(32(46)27(38)3-2-12-42-34(40)41)13-14-49-24-10-6-20(7-11-24)28-25(15-36)29(39)44-31(26(28)16-37)51-18-23-17-50-30(43-23)21-4-8-22(35)9-5-21;;/h4-11,17,19,27H,2-3,12-14,18,38H2,1H3,(H2,39,44)(H,47,48)(H4,40,41,42);2*1H/t19-,27-;;/m0../s1. The van der Waals surface area contributed by atoms with Gasteiger partial charge in [-0.25, -0.2) is 14.8 Å². The highest BCUT2D eigenvalue weighted by Gasteiger charge is 2.29. The van der Waals surface area contributed by atoms with E-state index in [0.29, 0.717) is 39.1 Å². The number of aromatic nitrogens is 2. The average molecular weight is 820 g/mol. The summed E-state index contributed by atoms with van der Waals surface area (Å²) in [4.78, 5) is 38.9. The topological polar surface area (TPSA) is 257 Å². The number of nitriles is 2. The van der Waals surface area contributed by atoms with Crippen LogP contribution in [0.1, 0.15) is 36.6 Å². The molecule has 0 aliphatic rings. The number of aliphatic imine (C=N–C) groups is 1. The molecule has 0 saturated heterocycles. The molecule has 0 aliphatic carbocycles. The van der Waals surface area contributed by atoms with Crippen LogP contribution >= 0.6 is 59.5 Å². The molecule has 280 valence electrons. The number of pyridine rings is 1. The van der Waals surface area contributed by atoms with E-state index in [0.717, 1.165) is 21.2 Å². The number of carbonyl (C=O) groups is 2. The number of hydrogen-bond acceptors (Lipinski definition) is 12. The molecule has 53 heavy (non-hydrogen) atoms. The van der Waals surface area contributed by atoms with Crippen LogP contribution in [0.2, 0.25) is 5.02 Å². The Morgan fingerprint density at radius 1 is 1.06 bits per heavy atom. The molecule has 0 radical (unpaired) electrons. The van der Waals surface area contributed by atoms with Gasteiger partial charge < -0.3 is 37.7 Å². The number of anilines is 1. The third kappa shape index (κ3) is 11.8. The Balaban J connectivity index is 0.00000486. The number of halogens is 3. The van der Waals surface area contributed by atoms with Gasteiger partial charge in [0.15, 0.2) is 5.96 Å². The van der Waals surface area contributed by atoms with Crippen LogP contribution in [0, 0.1) is 22.7 Å². The lowest BCUT2D eigenvalue weighted by atomic mass is 9.97. The van der Waals surface area contributed by atoms with Crippen LogP contribution in [0.15, 0.2) is 63.9 Å². The number of amides is 1. The fraction of sp³-hybridized carbons (Fsp3) is 0.265. The van der Waals surface area contributed by atoms with Gasteiger partial charge in [0.2, 0.25) is 5.91 Å². The SMILES string of the molecule is C[C@@H](C(=O)O)N(CCOc1ccc(-c2c(C#N)c(N)nc(SCc3csc(-c4ccc(Cl)cc4)n3)c2C#N)cc1)C(=O)[C@@H](N)CCCN=C(N)N.Cl.Cl. The van der Waals surface area contributed by atoms with Crippen LogP contribution in [0.4, 0.5) is 5.82 Å². The molecule has 2 heterocycles. The number of carboxylic acid groups (broad SMARTS) is 1. The van der Waals surface area contributed by atoms with Gasteiger partial charge >= 0.3 is 5.97 Å². The van der Waals surface area contributed by atoms with Crippen LogP contribution in [-0.4, -0.2) is 69.6 Å². The van der Waals surface area contributed by atoms with E-state index in [1.807, 2.05) is 17.5 Å². The van der Waals surface area contributed by atoms with Crippen molar-refractivity contribution >= 4 is 83.2 Å². The van der Waals surface area contributed by atoms with E-state index in [4.69, 9.17) is 44.3 Å². The zero-order valence-electron chi connectivity index (χ0n) is 28.3. The third-order valence-electron chi connectivity index (χ3n) is 7.55. The zero-order chi connectivity index (χ0) is 37.1. The van der Waals surface area contributed by atoms with Crippen molar-refractivity contribution in [3.8, 4) is 39.6 Å². The summed E-state index contributed by atoms with van der Waals surface area (Å²) < 4.78 is 5.84. The first-order chi connectivity index (χ1) is 24.4. The second kappa shape index (κ2) is 21.0. The Morgan fingerprint density at radius 2 is 1.70 bits per heavy atom. The second-order valence-corrected chi connectivity index (χ2v) is 13.3. The van der Waals surface area contributed by atoms with Crippen molar-refractivity contribution in [3.63, 3.8) is 0 Å². The molecule has 4 rings (SSSR count). The molecule has 2 atom stereocenters. The molecule has 0 saturated carbocycles. The number of ether oxygens (including phenoxy) is 1. The quantitative estimate of drug-likeness (QED) is 0.0430. The number of carbonyl (C=O) groups excluding carboxylic acids is 1. The number of nitrogens with two attached hydrogens (primary N) is 4. The van der Waals surface area contributed by atoms with Crippen LogP contribution in [0.5, 0.6) is 5.75 Å². The summed E-state index contributed by atoms with van der Waals surface area (Å²) in [5.74, 6) is -0.997. The Hall–Kier alpha value is -4.81. The molecular formula is C34H37Cl3N10O4S2. The molecular weight excluding hydrogens is 783 g/mol. The van der Waals surface area contributed by atoms with Crippen LogP contribution in [0.25, 0.3) is 21.7 Å². The summed E-state index contributed by atoms with van der Waals surface area (Å²) >= 11 is 8.78. The van der Waals surface area contributed by atoms with Gasteiger partial charge in [0, 0.05) is 33.8 Å². The highest BCUT2D eigenvalue weighted by Crippen LogP contribution is 2.37. The van der Waals surface area contributed by atoms with E-state index in [1.165, 1.54) is 30.0 Å². The smallest absolute Gasteiger partial charge is 0.326 e. The normalized spacial score (nSPS) is 11.4. The molecule has 1 amide bonds. The monoisotopic (exact) mass is 818 g/mol. The lowest BCUT2D eigenvalue weighted by molar-refractivity contribution is -0.150. The number of carboxylic acids is 1. The minimum atomic E-state index is -1.19. The van der Waals surface area contributed by atoms with Crippen molar-refractivity contribution in [2.75, 3.05) is 25.4 Å². The van der Waals surface area contributed by atoms with E-state index >= 15 is 0 Å². The number of thioether (sulfide) groups is 1. The molecule has 2 aromatic heterocycles. The van der Waals surface area contributed by atoms with Crippen molar-refractivity contribution in [3.05, 3.63) is 75.8 Å². The lowest BCUT2D eigenvalue weighted by Gasteiger charge is -2.29. The summed E-state index contributed by atoms with van der Waals surface area (Å²) in [5.41, 5.74) is 25.8. The van der Waals surface area contributed by atoms with Gasteiger partial charge in [0.25, 0.3) is 0 Å². The van der Waals surface area contributed by atoms with Gasteiger partial charge in [-0.3, -0.25) is 9.79 Å². The van der Waals surface area contributed by atoms with Crippen molar-refractivity contribution in [2.45, 2.75) is 42.6 Å². The van der Waals surface area contributed by atoms with Gasteiger partial charge in [0.1, 0.15) is 52.0 Å². The molecule has 14 nitrogen and oxygen atoms in total. The minimum absolute atomic E-state index is 0. The molecule has 0 spiro atoms. The van der Waals surface area contributed by atoms with E-state index in [1.54, 1.807) is 36.4 Å². The number of hydrogen-bond donors (Lipinski definition) is 5. The first-order valence-corrected chi connectivity index (χ1v) is 17.7. The van der Waals surface area contributed by atoms with E-state index < -0.39 is 24.0 Å². The van der Waals surface area contributed by atoms with Crippen LogP contribution in [-0.2, 0) is 15.3 Å². The van der Waals surface area contributed by atoms with Gasteiger partial charge in [-0.2, -0.15) is 10.5 Å². The Labute approximate surface area is 332 Å². The van der Waals surface area contributed by atoms with Crippen molar-refractivity contribution < 1.29 is 19.4 Å². The van der Waals surface area contributed by atoms with Gasteiger partial charge in [-0.15, -0.1) is 36.2 Å². The fourth-order valence-corrected chi connectivity index (χ4v) is 6.84. The molecule has 2 aromatic carbocycles. The number of benzene rings is 2. The minimum Gasteiger partial charge on any atom is -0.492 e. The summed E-state index contributed by atoms with van der Waals surface area (Å²) in [7, 11) is 0. The summed E-state index contributed by atoms with van der Waals surface area (Å²) in [6.07, 6.45) is 0.692. The zero-order valence-corrected chi connectivity index (χ0v) is 32.3. The van der Waals surface area contributed by atoms with Crippen LogP contribution in [0.3, 0.4) is 0 Å². The van der Waals surface area contributed by atoms with Gasteiger partial charge in [0.05, 0.1) is 23.8 Å². The summed E-state index contributed by atoms with van der Waals surface area (Å²) in [5, 5.41) is 33.5. The Kier molecular flexibility index (Phi) is 17.6. The first-order valence-electron chi connectivity index (χ1n) is 15.5. The average Bonchev–Trinajstić information content (AvgIpc) is 3.59. The number of thiazole rings is 1. The fourth-order valence-electron chi connectivity index (χ4n) is 4.90. The number of aliphatic carboxylic acids is 1. The highest BCUT2D eigenvalue weighted by molar-refractivity contribution is 7.98. The van der Waals surface area contributed by atoms with E-state index in [-0.39, 0.29) is 73.8 Å². The van der Waals surface area contributed by atoms with Gasteiger partial charge in [-0.05, 0) is 49.6 Å². The molecule has 0 bridgehead atoms. The molecule has 19 heteroatoms. The number of nitrogen functional groups attached to an aromatic ring is 1. The van der Waals surface area contributed by atoms with Crippen molar-refractivity contribution in [1.82, 2.24) is 14.9 Å². The van der Waals surface area contributed by atoms with Crippen LogP contribution < -0.4 is 27.7 Å². The Morgan fingerprint density at radius 3 is 2.30 bits per heavy atom. The number of guanidine groups is 1. The lowest BCUT2D eigenvalue weighted by Crippen LogP contribution is -2.51. The predicted molar refractivity (Wildman–Crippen MR) is 212 cm³/mol. The maximum absolute atomic E-state index is 13.1. The highest BCUT2D eigenvalue weighted by atomic mass is 35.5. The summed E-state index contributed by atoms with van der Waals surface area (Å²) in [6.45, 7) is 1.60. The molecule has 0 fully saturated rings. The second-order valence-electron chi connectivity index (χ2n) is 11.1. The number of nitrogens with zero attached hydrogens (tertiary/aromatic N) is 6. The largest absolute Gasteiger partial charge is 0.492 e. The third-order valence-corrected chi connectivity index (χ3v) is 9.75. The van der Waals surface area contributed by atoms with Crippen molar-refractivity contribution in [1.29, 1.82) is 10.5 Å². The molecule has 0 aliphatic heterocycles. The van der Waals surface area contributed by atoms with Gasteiger partial charge in [-0.1, -0.05) is 47.6 Å².